The van der Waals surface area contributed by atoms with Crippen molar-refractivity contribution in [2.75, 3.05) is 23.2 Å². The molecular formula is C14H18N4O2S. The van der Waals surface area contributed by atoms with Crippen molar-refractivity contribution in [3.8, 4) is 0 Å². The summed E-state index contributed by atoms with van der Waals surface area (Å²) in [6.07, 6.45) is 3.91. The molecule has 21 heavy (non-hydrogen) atoms. The maximum atomic E-state index is 12.7. The van der Waals surface area contributed by atoms with Gasteiger partial charge in [0, 0.05) is 26.0 Å². The van der Waals surface area contributed by atoms with E-state index in [1.807, 2.05) is 6.92 Å². The zero-order valence-corrected chi connectivity index (χ0v) is 12.8. The number of anilines is 2. The molecule has 2 heterocycles. The van der Waals surface area contributed by atoms with Crippen LogP contribution < -0.4 is 9.62 Å². The van der Waals surface area contributed by atoms with Crippen molar-refractivity contribution in [3.05, 3.63) is 42.7 Å². The highest BCUT2D eigenvalue weighted by molar-refractivity contribution is 7.92. The van der Waals surface area contributed by atoms with Gasteiger partial charge < -0.3 is 5.32 Å². The van der Waals surface area contributed by atoms with Gasteiger partial charge in [-0.05, 0) is 30.7 Å². The molecule has 0 aromatic carbocycles. The van der Waals surface area contributed by atoms with Gasteiger partial charge in [-0.15, -0.1) is 0 Å². The van der Waals surface area contributed by atoms with Crippen LogP contribution >= 0.6 is 0 Å². The fourth-order valence-electron chi connectivity index (χ4n) is 1.78. The lowest BCUT2D eigenvalue weighted by Gasteiger charge is -2.19. The number of hydrogen-bond acceptors (Lipinski definition) is 5. The third-order valence-corrected chi connectivity index (χ3v) is 4.64. The van der Waals surface area contributed by atoms with E-state index in [1.54, 1.807) is 36.5 Å². The Morgan fingerprint density at radius 2 is 1.90 bits per heavy atom. The van der Waals surface area contributed by atoms with Crippen LogP contribution in [-0.4, -0.2) is 32.0 Å². The molecule has 0 radical (unpaired) electrons. The second-order valence-electron chi connectivity index (χ2n) is 4.44. The quantitative estimate of drug-likeness (QED) is 0.885. The van der Waals surface area contributed by atoms with Crippen molar-refractivity contribution in [1.29, 1.82) is 0 Å². The van der Waals surface area contributed by atoms with Gasteiger partial charge in [0.1, 0.15) is 5.82 Å². The van der Waals surface area contributed by atoms with Crippen LogP contribution in [-0.2, 0) is 10.0 Å². The molecule has 0 atom stereocenters. The highest BCUT2D eigenvalue weighted by Gasteiger charge is 2.26. The Balaban J connectivity index is 2.40. The van der Waals surface area contributed by atoms with Gasteiger partial charge in [0.05, 0.1) is 5.69 Å². The van der Waals surface area contributed by atoms with E-state index in [2.05, 4.69) is 15.3 Å². The van der Waals surface area contributed by atoms with Crippen LogP contribution in [0.4, 0.5) is 11.5 Å². The van der Waals surface area contributed by atoms with Gasteiger partial charge in [-0.1, -0.05) is 13.0 Å². The van der Waals surface area contributed by atoms with Crippen molar-refractivity contribution in [1.82, 2.24) is 9.97 Å². The lowest BCUT2D eigenvalue weighted by Crippen LogP contribution is -2.29. The first-order valence-corrected chi connectivity index (χ1v) is 8.10. The van der Waals surface area contributed by atoms with Crippen molar-refractivity contribution >= 4 is 21.5 Å². The lowest BCUT2D eigenvalue weighted by atomic mass is 10.4. The normalized spacial score (nSPS) is 11.1. The molecule has 1 N–H and O–H groups in total. The van der Waals surface area contributed by atoms with E-state index in [0.717, 1.165) is 10.7 Å². The Kier molecular flexibility index (Phi) is 4.74. The first kappa shape index (κ1) is 15.2. The first-order chi connectivity index (χ1) is 10.1. The SMILES string of the molecule is CCCNc1cccnc1S(=O)(=O)N(C)c1ccccn1. The van der Waals surface area contributed by atoms with Crippen molar-refractivity contribution in [2.45, 2.75) is 18.4 Å². The van der Waals surface area contributed by atoms with Crippen LogP contribution in [0.25, 0.3) is 0 Å². The largest absolute Gasteiger partial charge is 0.383 e. The van der Waals surface area contributed by atoms with Gasteiger partial charge in [0.25, 0.3) is 10.0 Å². The molecule has 2 rings (SSSR count). The molecule has 112 valence electrons. The Morgan fingerprint density at radius 1 is 1.14 bits per heavy atom. The van der Waals surface area contributed by atoms with Gasteiger partial charge in [-0.2, -0.15) is 8.42 Å². The summed E-state index contributed by atoms with van der Waals surface area (Å²) in [5.74, 6) is 0.351. The van der Waals surface area contributed by atoms with Crippen LogP contribution in [0.1, 0.15) is 13.3 Å². The van der Waals surface area contributed by atoms with Crippen LogP contribution in [0.15, 0.2) is 47.8 Å². The third-order valence-electron chi connectivity index (χ3n) is 2.91. The monoisotopic (exact) mass is 306 g/mol. The summed E-state index contributed by atoms with van der Waals surface area (Å²) >= 11 is 0. The Morgan fingerprint density at radius 3 is 2.57 bits per heavy atom. The van der Waals surface area contributed by atoms with Gasteiger partial charge in [0.2, 0.25) is 0 Å². The molecule has 0 saturated carbocycles. The minimum Gasteiger partial charge on any atom is -0.383 e. The molecule has 6 nitrogen and oxygen atoms in total. The maximum absolute atomic E-state index is 12.7. The molecule has 2 aromatic heterocycles. The number of rotatable bonds is 6. The number of nitrogens with one attached hydrogen (secondary N) is 1. The van der Waals surface area contributed by atoms with Crippen LogP contribution in [0.5, 0.6) is 0 Å². The molecular weight excluding hydrogens is 288 g/mol. The molecule has 7 heteroatoms. The van der Waals surface area contributed by atoms with Gasteiger partial charge in [-0.3, -0.25) is 4.31 Å². The van der Waals surface area contributed by atoms with E-state index in [-0.39, 0.29) is 5.03 Å². The average molecular weight is 306 g/mol. The van der Waals surface area contributed by atoms with Crippen molar-refractivity contribution in [2.24, 2.45) is 0 Å². The molecule has 0 fully saturated rings. The summed E-state index contributed by atoms with van der Waals surface area (Å²) in [4.78, 5) is 8.09. The third kappa shape index (κ3) is 3.30. The standard InChI is InChI=1S/C14H18N4O2S/c1-3-9-15-12-7-6-11-17-14(12)21(19,20)18(2)13-8-4-5-10-16-13/h4-8,10-11,15H,3,9H2,1-2H3. The Hall–Kier alpha value is -2.15. The molecule has 0 saturated heterocycles. The van der Waals surface area contributed by atoms with Crippen molar-refractivity contribution in [3.63, 3.8) is 0 Å². The molecule has 0 aliphatic heterocycles. The number of aromatic nitrogens is 2. The van der Waals surface area contributed by atoms with E-state index in [0.29, 0.717) is 18.1 Å². The average Bonchev–Trinajstić information content (AvgIpc) is 2.53. The molecule has 0 aliphatic rings. The number of pyridine rings is 2. The molecule has 0 unspecified atom stereocenters. The van der Waals surface area contributed by atoms with Crippen LogP contribution in [0, 0.1) is 0 Å². The summed E-state index contributed by atoms with van der Waals surface area (Å²) < 4.78 is 26.5. The minimum atomic E-state index is -3.76. The molecule has 0 bridgehead atoms. The molecule has 0 amide bonds. The Labute approximate surface area is 124 Å². The van der Waals surface area contributed by atoms with Crippen LogP contribution in [0.2, 0.25) is 0 Å². The number of nitrogens with zero attached hydrogens (tertiary/aromatic N) is 3. The lowest BCUT2D eigenvalue weighted by molar-refractivity contribution is 0.590. The zero-order valence-electron chi connectivity index (χ0n) is 12.0. The van der Waals surface area contributed by atoms with E-state index >= 15 is 0 Å². The highest BCUT2D eigenvalue weighted by Crippen LogP contribution is 2.24. The fourth-order valence-corrected chi connectivity index (χ4v) is 3.01. The first-order valence-electron chi connectivity index (χ1n) is 6.66. The van der Waals surface area contributed by atoms with E-state index < -0.39 is 10.0 Å². The summed E-state index contributed by atoms with van der Waals surface area (Å²) in [6.45, 7) is 2.69. The second kappa shape index (κ2) is 6.53. The predicted molar refractivity (Wildman–Crippen MR) is 82.8 cm³/mol. The van der Waals surface area contributed by atoms with Crippen LogP contribution in [0.3, 0.4) is 0 Å². The summed E-state index contributed by atoms with van der Waals surface area (Å²) in [5, 5.41) is 3.09. The summed E-state index contributed by atoms with van der Waals surface area (Å²) in [6, 6.07) is 8.53. The van der Waals surface area contributed by atoms with Gasteiger partial charge >= 0.3 is 0 Å². The summed E-state index contributed by atoms with van der Waals surface area (Å²) in [5.41, 5.74) is 0.502. The van der Waals surface area contributed by atoms with Gasteiger partial charge in [0.15, 0.2) is 5.03 Å². The topological polar surface area (TPSA) is 75.2 Å². The van der Waals surface area contributed by atoms with Crippen molar-refractivity contribution < 1.29 is 8.42 Å². The second-order valence-corrected chi connectivity index (χ2v) is 6.33. The van der Waals surface area contributed by atoms with E-state index in [4.69, 9.17) is 0 Å². The molecule has 2 aromatic rings. The summed E-state index contributed by atoms with van der Waals surface area (Å²) in [7, 11) is -2.29. The highest BCUT2D eigenvalue weighted by atomic mass is 32.2. The number of sulfonamides is 1. The van der Waals surface area contributed by atoms with E-state index in [1.165, 1.54) is 13.2 Å². The maximum Gasteiger partial charge on any atom is 0.284 e. The zero-order chi connectivity index (χ0) is 15.3. The smallest absolute Gasteiger partial charge is 0.284 e. The Bertz CT molecular complexity index is 689. The molecule has 0 aliphatic carbocycles. The minimum absolute atomic E-state index is 0.00611. The molecule has 0 spiro atoms. The predicted octanol–water partition coefficient (Wildman–Crippen LogP) is 2.12. The number of hydrogen-bond donors (Lipinski definition) is 1. The van der Waals surface area contributed by atoms with Gasteiger partial charge in [-0.25, -0.2) is 9.97 Å². The fraction of sp³-hybridized carbons (Fsp3) is 0.286. The van der Waals surface area contributed by atoms with E-state index in [9.17, 15) is 8.42 Å².